The third-order valence-corrected chi connectivity index (χ3v) is 26.0. The number of fused-ring (bicyclic) bond motifs is 6. The van der Waals surface area contributed by atoms with Gasteiger partial charge in [0.2, 0.25) is 41.2 Å². The second kappa shape index (κ2) is 41.9. The van der Waals surface area contributed by atoms with Crippen molar-refractivity contribution in [1.82, 2.24) is 44.2 Å². The maximum absolute atomic E-state index is 14.1. The Hall–Kier alpha value is -16.2. The monoisotopic (exact) mass is 1800 g/mol. The van der Waals surface area contributed by atoms with Gasteiger partial charge in [0.15, 0.2) is 6.79 Å². The van der Waals surface area contributed by atoms with E-state index >= 15 is 0 Å². The van der Waals surface area contributed by atoms with E-state index in [1.54, 1.807) is 20.9 Å². The molecule has 3 amide bonds. The van der Waals surface area contributed by atoms with Crippen LogP contribution in [0, 0.1) is 94.6 Å². The molecule has 18 rings (SSSR count). The molecular formula is C106H102FN21O7. The third-order valence-electron chi connectivity index (χ3n) is 26.0. The predicted molar refractivity (Wildman–Crippen MR) is 515 cm³/mol. The molecule has 0 unspecified atom stereocenters. The first-order valence-corrected chi connectivity index (χ1v) is 45.2. The van der Waals surface area contributed by atoms with Gasteiger partial charge >= 0.3 is 0 Å². The SMILES string of the molecule is C=CC(=O)N1CCN(c2c(C#N)c(OCCc3ccccn3)nc3c2CCN(c2cccc4cccc(C)c24)C3)C[C@@H]1CC#N.C=CC(=O)N1CCN(c2c(C#N)c(OCOCc3ncccc3F)nc3c2CCN(c2cccc4cccc(C)c24)C3)C[C@@H]1CC#N.C=CC(=O)N1CCN(c2c(C#N)c(Oc3cccn3C)nc3c2CCN(c2cccc4cccc(C)c24)C3)C[C@@H]1CC#N. The summed E-state index contributed by atoms with van der Waals surface area (Å²) in [6.45, 7) is 25.0. The van der Waals surface area contributed by atoms with E-state index in [9.17, 15) is 50.3 Å². The van der Waals surface area contributed by atoms with E-state index in [1.807, 2.05) is 48.1 Å². The van der Waals surface area contributed by atoms with Crippen LogP contribution in [-0.2, 0) is 78.1 Å². The van der Waals surface area contributed by atoms with E-state index in [1.165, 1.54) is 80.2 Å². The Balaban J connectivity index is 0.000000147. The van der Waals surface area contributed by atoms with Crippen molar-refractivity contribution >= 4 is 84.2 Å². The van der Waals surface area contributed by atoms with Gasteiger partial charge in [-0.05, 0) is 140 Å². The Bertz CT molecular complexity index is 6820. The van der Waals surface area contributed by atoms with Gasteiger partial charge in [0.05, 0.1) is 123 Å². The number of nitriles is 6. The molecule has 0 N–H and O–H groups in total. The zero-order valence-corrected chi connectivity index (χ0v) is 76.1. The van der Waals surface area contributed by atoms with Gasteiger partial charge in [-0.1, -0.05) is 117 Å². The smallest absolute Gasteiger partial charge is 0.246 e. The van der Waals surface area contributed by atoms with Crippen LogP contribution in [0.4, 0.5) is 38.5 Å². The normalized spacial score (nSPS) is 16.1. The second-order valence-corrected chi connectivity index (χ2v) is 34.0. The van der Waals surface area contributed by atoms with Crippen LogP contribution in [0.2, 0.25) is 0 Å². The van der Waals surface area contributed by atoms with E-state index in [2.05, 4.69) is 225 Å². The summed E-state index contributed by atoms with van der Waals surface area (Å²) < 4.78 is 40.1. The number of halogens is 1. The van der Waals surface area contributed by atoms with E-state index in [4.69, 9.17) is 33.9 Å². The molecule has 3 saturated heterocycles. The van der Waals surface area contributed by atoms with Gasteiger partial charge in [-0.15, -0.1) is 0 Å². The fourth-order valence-corrected chi connectivity index (χ4v) is 19.6. The van der Waals surface area contributed by atoms with Gasteiger partial charge < -0.3 is 67.6 Å². The molecule has 0 radical (unpaired) electrons. The average molecular weight is 1800 g/mol. The summed E-state index contributed by atoms with van der Waals surface area (Å²) in [4.78, 5) is 79.5. The van der Waals surface area contributed by atoms with Gasteiger partial charge in [-0.25, -0.2) is 19.3 Å². The molecule has 680 valence electrons. The van der Waals surface area contributed by atoms with Crippen LogP contribution in [0.15, 0.2) is 208 Å². The standard InChI is InChI=1S/C36H34FN7O3.C36H35N7O2.C34H33N7O2/c1-3-33(45)44-18-17-43(20-26(44)12-14-38)35-27-13-16-42(32-11-5-9-25-8-4-7-24(2)34(25)32)21-30(27)41-36(28(35)19-39)47-23-46-22-31-29(37)10-6-15-40-31;1-3-33(44)43-20-19-42(23-28(43)13-16-37)35-29-14-18-41(32-12-7-10-26-9-6-8-25(2)34(26)32)24-31(29)40-36(30(35)22-38)45-21-15-27-11-4-5-17-39-27;1-4-30(42)41-19-18-40(21-25(41)13-15-35)33-26-14-17-39(29-11-6-10-24-9-5-8-23(2)32(24)29)22-28(26)37-34(27(33)20-36)43-31-12-7-16-38(31)3/h3-11,15,26H,1,12-13,16-18,20-23H2,2H3;3-12,17,28H,1,13-15,18-21,23-24H2,2H3;4-12,16,25H,1,13-14,17-19,21-22H2,2-3H3/t26-;28-;25-/m000/s1. The molecule has 6 aliphatic heterocycles. The summed E-state index contributed by atoms with van der Waals surface area (Å²) in [5, 5.41) is 67.4. The molecule has 3 atom stereocenters. The molecule has 0 spiro atoms. The molecule has 0 saturated carbocycles. The highest BCUT2D eigenvalue weighted by molar-refractivity contribution is 6.00. The van der Waals surface area contributed by atoms with Crippen molar-refractivity contribution in [3.63, 3.8) is 0 Å². The van der Waals surface area contributed by atoms with Crippen LogP contribution in [0.3, 0.4) is 0 Å². The molecule has 29 heteroatoms. The third kappa shape index (κ3) is 19.5. The van der Waals surface area contributed by atoms with Gasteiger partial charge in [0, 0.05) is 172 Å². The van der Waals surface area contributed by atoms with Crippen molar-refractivity contribution in [3.05, 3.63) is 293 Å². The minimum absolute atomic E-state index is 0.111. The minimum Gasteiger partial charge on any atom is -0.476 e. The quantitative estimate of drug-likeness (QED) is 0.0326. The highest BCUT2D eigenvalue weighted by Gasteiger charge is 2.40. The number of amides is 3. The summed E-state index contributed by atoms with van der Waals surface area (Å²) in [5.41, 5.74) is 16.9. The lowest BCUT2D eigenvalue weighted by Gasteiger charge is -2.43. The van der Waals surface area contributed by atoms with Crippen molar-refractivity contribution in [3.8, 4) is 59.9 Å². The molecule has 6 aromatic heterocycles. The first-order chi connectivity index (χ1) is 65.9. The van der Waals surface area contributed by atoms with Gasteiger partial charge in [0.25, 0.3) is 0 Å². The van der Waals surface area contributed by atoms with Gasteiger partial charge in [-0.2, -0.15) is 31.6 Å². The van der Waals surface area contributed by atoms with Crippen LogP contribution in [0.1, 0.15) is 97.8 Å². The van der Waals surface area contributed by atoms with Crippen LogP contribution in [0.5, 0.6) is 23.5 Å². The highest BCUT2D eigenvalue weighted by atomic mass is 19.1. The van der Waals surface area contributed by atoms with E-state index in [-0.39, 0.29) is 91.5 Å². The summed E-state index contributed by atoms with van der Waals surface area (Å²) >= 11 is 0. The Morgan fingerprint density at radius 2 is 0.852 bits per heavy atom. The molecular weight excluding hydrogens is 1700 g/mol. The number of benzene rings is 6. The maximum Gasteiger partial charge on any atom is 0.246 e. The number of nitrogens with zero attached hydrogens (tertiary/aromatic N) is 21. The van der Waals surface area contributed by atoms with E-state index in [0.29, 0.717) is 146 Å². The number of aryl methyl sites for hydroxylation is 4. The minimum atomic E-state index is -0.482. The Kier molecular flexibility index (Phi) is 28.6. The number of anilines is 6. The number of piperazine rings is 3. The Morgan fingerprint density at radius 3 is 1.23 bits per heavy atom. The molecule has 0 bridgehead atoms. The zero-order chi connectivity index (χ0) is 94.3. The van der Waals surface area contributed by atoms with Crippen molar-refractivity contribution in [1.29, 1.82) is 31.6 Å². The predicted octanol–water partition coefficient (Wildman–Crippen LogP) is 15.5. The average Bonchev–Trinajstić information content (AvgIpc) is 1.16. The van der Waals surface area contributed by atoms with Gasteiger partial charge in [-0.3, -0.25) is 24.4 Å². The zero-order valence-electron chi connectivity index (χ0n) is 76.1. The van der Waals surface area contributed by atoms with Crippen molar-refractivity contribution in [2.45, 2.75) is 110 Å². The van der Waals surface area contributed by atoms with Gasteiger partial charge in [0.1, 0.15) is 46.4 Å². The van der Waals surface area contributed by atoms with Crippen LogP contribution < -0.4 is 43.6 Å². The lowest BCUT2D eigenvalue weighted by Crippen LogP contribution is -2.55. The Morgan fingerprint density at radius 1 is 0.452 bits per heavy atom. The largest absolute Gasteiger partial charge is 0.476 e. The lowest BCUT2D eigenvalue weighted by molar-refractivity contribution is -0.129. The molecule has 12 aromatic rings. The number of ether oxygens (including phenoxy) is 4. The Labute approximate surface area is 784 Å². The molecule has 6 aromatic carbocycles. The number of aromatic nitrogens is 6. The highest BCUT2D eigenvalue weighted by Crippen LogP contribution is 2.46. The summed E-state index contributed by atoms with van der Waals surface area (Å²) in [6.07, 6.45) is 12.1. The molecule has 6 aliphatic rings. The maximum atomic E-state index is 14.1. The summed E-state index contributed by atoms with van der Waals surface area (Å²) in [7, 11) is 1.88. The van der Waals surface area contributed by atoms with Crippen LogP contribution >= 0.6 is 0 Å². The van der Waals surface area contributed by atoms with Crippen molar-refractivity contribution in [2.24, 2.45) is 7.05 Å². The van der Waals surface area contributed by atoms with E-state index in [0.717, 1.165) is 86.4 Å². The second-order valence-electron chi connectivity index (χ2n) is 34.0. The number of hydrogen-bond donors (Lipinski definition) is 0. The fraction of sp³-hybridized carbons (Fsp3) is 0.302. The first kappa shape index (κ1) is 92.1. The van der Waals surface area contributed by atoms with Crippen molar-refractivity contribution in [2.75, 3.05) is 121 Å². The summed E-state index contributed by atoms with van der Waals surface area (Å²) in [5.74, 6) is 0.168. The molecule has 28 nitrogen and oxygen atoms in total. The topological polar surface area (TPSA) is 329 Å². The fourth-order valence-electron chi connectivity index (χ4n) is 19.6. The number of rotatable bonds is 23. The lowest BCUT2D eigenvalue weighted by atomic mass is 9.95. The molecule has 0 aliphatic carbocycles. The number of hydrogen-bond acceptors (Lipinski definition) is 24. The van der Waals surface area contributed by atoms with Crippen LogP contribution in [0.25, 0.3) is 32.3 Å². The number of pyridine rings is 5. The summed E-state index contributed by atoms with van der Waals surface area (Å²) in [6, 6.07) is 63.1. The molecule has 3 fully saturated rings. The molecule has 12 heterocycles. The number of carbonyl (C=O) groups is 3. The van der Waals surface area contributed by atoms with E-state index < -0.39 is 5.82 Å². The number of carbonyl (C=O) groups excluding carboxylic acids is 3. The molecule has 135 heavy (non-hydrogen) atoms. The van der Waals surface area contributed by atoms with Crippen LogP contribution in [-0.4, -0.2) is 172 Å². The van der Waals surface area contributed by atoms with Crippen molar-refractivity contribution < 1.29 is 37.7 Å². The first-order valence-electron chi connectivity index (χ1n) is 45.2.